The minimum Gasteiger partial charge on any atom is -0.375 e. The van der Waals surface area contributed by atoms with Crippen LogP contribution in [0.5, 0.6) is 0 Å². The molecule has 1 N–H and O–H groups in total. The van der Waals surface area contributed by atoms with Crippen LogP contribution in [-0.2, 0) is 26.0 Å². The molecule has 3 rings (SSSR count). The number of nitro benzene ring substituents is 1. The molecule has 9 nitrogen and oxygen atoms in total. The van der Waals surface area contributed by atoms with E-state index in [4.69, 9.17) is 4.74 Å². The lowest BCUT2D eigenvalue weighted by Crippen LogP contribution is -2.31. The largest absolute Gasteiger partial charge is 0.375 e. The summed E-state index contributed by atoms with van der Waals surface area (Å²) >= 11 is 0. The molecule has 0 fully saturated rings. The van der Waals surface area contributed by atoms with Crippen LogP contribution >= 0.6 is 0 Å². The highest BCUT2D eigenvalue weighted by atomic mass is 32.2. The molecule has 2 aromatic rings. The van der Waals surface area contributed by atoms with E-state index < -0.39 is 14.9 Å². The summed E-state index contributed by atoms with van der Waals surface area (Å²) in [5.41, 5.74) is 1.98. The van der Waals surface area contributed by atoms with Gasteiger partial charge in [0.25, 0.3) is 21.6 Å². The minimum atomic E-state index is -4.01. The average Bonchev–Trinajstić information content (AvgIpc) is 3.04. The molecule has 28 heavy (non-hydrogen) atoms. The predicted octanol–water partition coefficient (Wildman–Crippen LogP) is 2.24. The predicted molar refractivity (Wildman–Crippen MR) is 103 cm³/mol. The summed E-state index contributed by atoms with van der Waals surface area (Å²) in [6.45, 7) is 2.04. The molecule has 0 saturated heterocycles. The number of nitro groups is 1. The van der Waals surface area contributed by atoms with Crippen molar-refractivity contribution in [3.63, 3.8) is 0 Å². The number of methoxy groups -OCH3 is 1. The van der Waals surface area contributed by atoms with Gasteiger partial charge in [-0.3, -0.25) is 19.6 Å². The highest BCUT2D eigenvalue weighted by Gasteiger charge is 2.26. The summed E-state index contributed by atoms with van der Waals surface area (Å²) in [4.78, 5) is 23.8. The summed E-state index contributed by atoms with van der Waals surface area (Å²) in [5.74, 6) is -0.165. The third-order valence-corrected chi connectivity index (χ3v) is 5.99. The molecule has 0 aliphatic carbocycles. The van der Waals surface area contributed by atoms with Crippen molar-refractivity contribution in [3.05, 3.63) is 57.6 Å². The number of non-ortho nitro benzene ring substituents is 1. The van der Waals surface area contributed by atoms with Crippen molar-refractivity contribution in [1.29, 1.82) is 0 Å². The number of nitrogens with zero attached hydrogens (tertiary/aromatic N) is 2. The molecule has 2 aromatic carbocycles. The molecule has 0 atom stereocenters. The van der Waals surface area contributed by atoms with E-state index in [1.54, 1.807) is 30.0 Å². The van der Waals surface area contributed by atoms with Gasteiger partial charge in [-0.15, -0.1) is 0 Å². The Balaban J connectivity index is 1.88. The molecule has 1 aliphatic heterocycles. The van der Waals surface area contributed by atoms with Crippen molar-refractivity contribution >= 4 is 33.0 Å². The number of hydrogen-bond acceptors (Lipinski definition) is 6. The van der Waals surface area contributed by atoms with Gasteiger partial charge in [-0.2, -0.15) is 0 Å². The second-order valence-electron chi connectivity index (χ2n) is 6.38. The third kappa shape index (κ3) is 3.82. The summed E-state index contributed by atoms with van der Waals surface area (Å²) < 4.78 is 32.8. The van der Waals surface area contributed by atoms with E-state index in [0.717, 1.165) is 17.3 Å². The number of nitrogens with one attached hydrogen (secondary N) is 1. The molecule has 10 heteroatoms. The highest BCUT2D eigenvalue weighted by Crippen LogP contribution is 2.32. The first-order valence-electron chi connectivity index (χ1n) is 8.43. The van der Waals surface area contributed by atoms with Gasteiger partial charge in [0.1, 0.15) is 6.61 Å². The van der Waals surface area contributed by atoms with Gasteiger partial charge >= 0.3 is 0 Å². The molecule has 0 unspecified atom stereocenters. The minimum absolute atomic E-state index is 0.0279. The molecular formula is C18H19N3O6S. The Bertz CT molecular complexity index is 1050. The van der Waals surface area contributed by atoms with Gasteiger partial charge in [0.05, 0.1) is 9.82 Å². The van der Waals surface area contributed by atoms with Crippen LogP contribution in [0, 0.1) is 17.0 Å². The SMILES string of the molecule is COCC(=O)N1CCc2cc(NS(=O)(=O)c3cc([N+](=O)[O-])ccc3C)ccc21. The number of anilines is 2. The molecule has 0 spiro atoms. The number of ether oxygens (including phenoxy) is 1. The summed E-state index contributed by atoms with van der Waals surface area (Å²) in [7, 11) is -2.56. The van der Waals surface area contributed by atoms with Crippen LogP contribution in [0.4, 0.5) is 17.1 Å². The normalized spacial score (nSPS) is 13.3. The monoisotopic (exact) mass is 405 g/mol. The lowest BCUT2D eigenvalue weighted by molar-refractivity contribution is -0.385. The maximum atomic E-state index is 12.7. The average molecular weight is 405 g/mol. The van der Waals surface area contributed by atoms with E-state index >= 15 is 0 Å². The van der Waals surface area contributed by atoms with Gasteiger partial charge in [0.15, 0.2) is 0 Å². The van der Waals surface area contributed by atoms with Gasteiger partial charge in [0.2, 0.25) is 0 Å². The summed E-state index contributed by atoms with van der Waals surface area (Å²) in [5, 5.41) is 11.0. The molecule has 0 saturated carbocycles. The molecule has 0 bridgehead atoms. The van der Waals surface area contributed by atoms with E-state index in [1.165, 1.54) is 19.2 Å². The van der Waals surface area contributed by atoms with Gasteiger partial charge in [-0.05, 0) is 42.7 Å². The van der Waals surface area contributed by atoms with Gasteiger partial charge < -0.3 is 9.64 Å². The van der Waals surface area contributed by atoms with E-state index in [9.17, 15) is 23.3 Å². The standard InChI is InChI=1S/C18H19N3O6S/c1-12-3-5-15(21(23)24)10-17(12)28(25,26)19-14-4-6-16-13(9-14)7-8-20(16)18(22)11-27-2/h3-6,9-10,19H,7-8,11H2,1-2H3. The first kappa shape index (κ1) is 19.8. The molecule has 0 aromatic heterocycles. The lowest BCUT2D eigenvalue weighted by atomic mass is 10.1. The Labute approximate surface area is 162 Å². The first-order valence-corrected chi connectivity index (χ1v) is 9.91. The van der Waals surface area contributed by atoms with E-state index in [-0.39, 0.29) is 23.1 Å². The second-order valence-corrected chi connectivity index (χ2v) is 8.04. The highest BCUT2D eigenvalue weighted by molar-refractivity contribution is 7.92. The fourth-order valence-corrected chi connectivity index (χ4v) is 4.44. The van der Waals surface area contributed by atoms with Crippen molar-refractivity contribution in [1.82, 2.24) is 0 Å². The number of carbonyl (C=O) groups excluding carboxylic acids is 1. The van der Waals surface area contributed by atoms with E-state index in [0.29, 0.717) is 24.2 Å². The van der Waals surface area contributed by atoms with Crippen molar-refractivity contribution < 1.29 is 22.9 Å². The van der Waals surface area contributed by atoms with Gasteiger partial charge in [0, 0.05) is 37.2 Å². The quantitative estimate of drug-likeness (QED) is 0.581. The molecule has 1 aliphatic rings. The van der Waals surface area contributed by atoms with Crippen molar-refractivity contribution in [2.45, 2.75) is 18.2 Å². The van der Waals surface area contributed by atoms with Crippen molar-refractivity contribution in [3.8, 4) is 0 Å². The van der Waals surface area contributed by atoms with Crippen LogP contribution < -0.4 is 9.62 Å². The Morgan fingerprint density at radius 1 is 1.29 bits per heavy atom. The number of amides is 1. The van der Waals surface area contributed by atoms with Crippen LogP contribution in [0.15, 0.2) is 41.3 Å². The number of aryl methyl sites for hydroxylation is 1. The third-order valence-electron chi connectivity index (χ3n) is 4.47. The number of hydrogen-bond donors (Lipinski definition) is 1. The number of fused-ring (bicyclic) bond motifs is 1. The van der Waals surface area contributed by atoms with E-state index in [1.807, 2.05) is 0 Å². The topological polar surface area (TPSA) is 119 Å². The zero-order valence-corrected chi connectivity index (χ0v) is 16.2. The summed E-state index contributed by atoms with van der Waals surface area (Å²) in [6.07, 6.45) is 0.593. The molecule has 148 valence electrons. The lowest BCUT2D eigenvalue weighted by Gasteiger charge is -2.17. The Morgan fingerprint density at radius 2 is 2.04 bits per heavy atom. The smallest absolute Gasteiger partial charge is 0.270 e. The Kier molecular flexibility index (Phi) is 5.34. The number of rotatable bonds is 6. The van der Waals surface area contributed by atoms with Crippen LogP contribution in [0.3, 0.4) is 0 Å². The number of benzene rings is 2. The Morgan fingerprint density at radius 3 is 2.71 bits per heavy atom. The maximum Gasteiger partial charge on any atom is 0.270 e. The van der Waals surface area contributed by atoms with Crippen molar-refractivity contribution in [2.24, 2.45) is 0 Å². The van der Waals surface area contributed by atoms with Gasteiger partial charge in [-0.1, -0.05) is 6.07 Å². The fourth-order valence-electron chi connectivity index (χ4n) is 3.13. The fraction of sp³-hybridized carbons (Fsp3) is 0.278. The Hall–Kier alpha value is -2.98. The molecule has 0 radical (unpaired) electrons. The molecular weight excluding hydrogens is 386 g/mol. The van der Waals surface area contributed by atoms with Crippen molar-refractivity contribution in [2.75, 3.05) is 29.9 Å². The second kappa shape index (κ2) is 7.56. The zero-order chi connectivity index (χ0) is 20.5. The first-order chi connectivity index (χ1) is 13.2. The van der Waals surface area contributed by atoms with Crippen LogP contribution in [0.2, 0.25) is 0 Å². The van der Waals surface area contributed by atoms with Gasteiger partial charge in [-0.25, -0.2) is 8.42 Å². The van der Waals surface area contributed by atoms with Crippen LogP contribution in [0.25, 0.3) is 0 Å². The number of carbonyl (C=O) groups is 1. The maximum absolute atomic E-state index is 12.7. The van der Waals surface area contributed by atoms with Crippen LogP contribution in [0.1, 0.15) is 11.1 Å². The van der Waals surface area contributed by atoms with E-state index in [2.05, 4.69) is 4.72 Å². The number of sulfonamides is 1. The molecule has 1 amide bonds. The molecule has 1 heterocycles. The summed E-state index contributed by atoms with van der Waals surface area (Å²) in [6, 6.07) is 8.59. The van der Waals surface area contributed by atoms with Crippen LogP contribution in [-0.4, -0.2) is 39.5 Å². The zero-order valence-electron chi connectivity index (χ0n) is 15.3.